The fourth-order valence-electron chi connectivity index (χ4n) is 5.47. The zero-order valence-electron chi connectivity index (χ0n) is 16.5. The zero-order valence-corrected chi connectivity index (χ0v) is 16.5. The van der Waals surface area contributed by atoms with Crippen molar-refractivity contribution in [2.24, 2.45) is 17.1 Å². The molecule has 2 aromatic rings. The Morgan fingerprint density at radius 1 is 1.11 bits per heavy atom. The van der Waals surface area contributed by atoms with Gasteiger partial charge < -0.3 is 21.8 Å². The normalized spacial score (nSPS) is 28.4. The number of anilines is 2. The van der Waals surface area contributed by atoms with Crippen molar-refractivity contribution in [1.82, 2.24) is 14.5 Å². The average molecular weight is 371 g/mol. The van der Waals surface area contributed by atoms with Crippen LogP contribution in [0.3, 0.4) is 0 Å². The summed E-state index contributed by atoms with van der Waals surface area (Å²) < 4.78 is 2.19. The first-order valence-electron chi connectivity index (χ1n) is 10.6. The number of hydrogen-bond acceptors (Lipinski definition) is 5. The van der Waals surface area contributed by atoms with Crippen molar-refractivity contribution < 1.29 is 0 Å². The monoisotopic (exact) mass is 370 g/mol. The first-order valence-corrected chi connectivity index (χ1v) is 10.6. The van der Waals surface area contributed by atoms with Crippen LogP contribution in [0, 0.1) is 11.3 Å². The summed E-state index contributed by atoms with van der Waals surface area (Å²) in [7, 11) is 0. The summed E-state index contributed by atoms with van der Waals surface area (Å²) in [5.74, 6) is 1.03. The molecule has 6 nitrogen and oxygen atoms in total. The Balaban J connectivity index is 1.46. The van der Waals surface area contributed by atoms with Gasteiger partial charge in [0.05, 0.1) is 11.1 Å². The number of nitrogen functional groups attached to an aromatic ring is 2. The highest BCUT2D eigenvalue weighted by Gasteiger charge is 2.35. The molecule has 0 aromatic carbocycles. The van der Waals surface area contributed by atoms with E-state index in [0.717, 1.165) is 23.9 Å². The van der Waals surface area contributed by atoms with Gasteiger partial charge >= 0.3 is 0 Å². The van der Waals surface area contributed by atoms with Crippen LogP contribution < -0.4 is 17.2 Å². The number of rotatable bonds is 4. The second-order valence-electron chi connectivity index (χ2n) is 9.26. The maximum atomic E-state index is 6.58. The molecule has 6 heteroatoms. The number of hydrogen-bond donors (Lipinski definition) is 3. The van der Waals surface area contributed by atoms with Gasteiger partial charge in [0.1, 0.15) is 17.8 Å². The molecule has 3 atom stereocenters. The molecule has 27 heavy (non-hydrogen) atoms. The van der Waals surface area contributed by atoms with Crippen LogP contribution in [0.4, 0.5) is 11.5 Å². The summed E-state index contributed by atoms with van der Waals surface area (Å²) in [4.78, 5) is 8.53. The third-order valence-corrected chi connectivity index (χ3v) is 7.22. The van der Waals surface area contributed by atoms with Gasteiger partial charge in [0.2, 0.25) is 0 Å². The van der Waals surface area contributed by atoms with Crippen molar-refractivity contribution in [2.75, 3.05) is 11.5 Å². The quantitative estimate of drug-likeness (QED) is 0.704. The van der Waals surface area contributed by atoms with E-state index in [4.69, 9.17) is 17.2 Å². The summed E-state index contributed by atoms with van der Waals surface area (Å²) in [6, 6.07) is 0.600. The molecule has 2 heterocycles. The van der Waals surface area contributed by atoms with Gasteiger partial charge in [-0.3, -0.25) is 0 Å². The molecule has 2 unspecified atom stereocenters. The molecule has 0 radical (unpaired) electrons. The van der Waals surface area contributed by atoms with E-state index < -0.39 is 0 Å². The Bertz CT molecular complexity index is 789. The van der Waals surface area contributed by atoms with Crippen molar-refractivity contribution >= 4 is 22.5 Å². The fourth-order valence-corrected chi connectivity index (χ4v) is 5.47. The van der Waals surface area contributed by atoms with E-state index >= 15 is 0 Å². The van der Waals surface area contributed by atoms with Gasteiger partial charge in [-0.25, -0.2) is 9.97 Å². The molecule has 6 N–H and O–H groups in total. The van der Waals surface area contributed by atoms with Gasteiger partial charge in [0.15, 0.2) is 0 Å². The lowest BCUT2D eigenvalue weighted by molar-refractivity contribution is 0.224. The van der Waals surface area contributed by atoms with E-state index in [1.165, 1.54) is 57.7 Å². The first-order chi connectivity index (χ1) is 13.0. The largest absolute Gasteiger partial charge is 0.397 e. The Morgan fingerprint density at radius 3 is 2.59 bits per heavy atom. The zero-order chi connectivity index (χ0) is 19.0. The summed E-state index contributed by atoms with van der Waals surface area (Å²) in [5, 5.41) is 0.778. The van der Waals surface area contributed by atoms with Gasteiger partial charge in [0, 0.05) is 18.3 Å². The van der Waals surface area contributed by atoms with Crippen LogP contribution in [0.15, 0.2) is 12.5 Å². The van der Waals surface area contributed by atoms with Gasteiger partial charge in [-0.2, -0.15) is 0 Å². The van der Waals surface area contributed by atoms with Crippen LogP contribution in [0.1, 0.15) is 77.2 Å². The van der Waals surface area contributed by atoms with Crippen LogP contribution in [0.2, 0.25) is 0 Å². The lowest BCUT2D eigenvalue weighted by Gasteiger charge is -2.30. The lowest BCUT2D eigenvalue weighted by Crippen LogP contribution is -2.26. The molecule has 2 aromatic heterocycles. The van der Waals surface area contributed by atoms with E-state index in [9.17, 15) is 0 Å². The first kappa shape index (κ1) is 18.5. The molecule has 2 fully saturated rings. The summed E-state index contributed by atoms with van der Waals surface area (Å²) >= 11 is 0. The van der Waals surface area contributed by atoms with Gasteiger partial charge in [-0.05, 0) is 49.9 Å². The minimum absolute atomic E-state index is 0.252. The minimum atomic E-state index is 0.252. The van der Waals surface area contributed by atoms with Crippen molar-refractivity contribution in [3.63, 3.8) is 0 Å². The minimum Gasteiger partial charge on any atom is -0.397 e. The lowest BCUT2D eigenvalue weighted by atomic mass is 9.76. The molecule has 4 rings (SSSR count). The summed E-state index contributed by atoms with van der Waals surface area (Å²) in [5.41, 5.74) is 20.8. The predicted octanol–water partition coefficient (Wildman–Crippen LogP) is 4.01. The highest BCUT2D eigenvalue weighted by molar-refractivity contribution is 5.97. The summed E-state index contributed by atoms with van der Waals surface area (Å²) in [6.07, 6.45) is 16.5. The fraction of sp³-hybridized carbons (Fsp3) is 0.714. The molecule has 2 aliphatic carbocycles. The molecule has 0 saturated heterocycles. The van der Waals surface area contributed by atoms with Crippen LogP contribution in [0.25, 0.3) is 11.0 Å². The molecule has 0 spiro atoms. The van der Waals surface area contributed by atoms with E-state index in [0.29, 0.717) is 28.9 Å². The maximum absolute atomic E-state index is 6.58. The average Bonchev–Trinajstić information content (AvgIpc) is 3.08. The topological polar surface area (TPSA) is 109 Å². The number of nitrogens with zero attached hydrogens (tertiary/aromatic N) is 3. The molecule has 0 amide bonds. The number of nitrogens with two attached hydrogens (primary N) is 3. The van der Waals surface area contributed by atoms with E-state index in [1.807, 2.05) is 6.20 Å². The van der Waals surface area contributed by atoms with Crippen molar-refractivity contribution in [3.05, 3.63) is 12.5 Å². The van der Waals surface area contributed by atoms with E-state index in [-0.39, 0.29) is 6.04 Å². The Kier molecular flexibility index (Phi) is 5.01. The standard InChI is InChI=1S/C21H34N6/c1-21(7-4-2-3-5-8-21)9-6-14-10-15(11-16(14)22)27-12-17(23)18-19(24)25-13-26-20(18)27/h12-16H,2-11,22-23H2,1H3,(H2,24,25,26)/t14?,15?,16-/m0/s1. The van der Waals surface area contributed by atoms with Crippen LogP contribution >= 0.6 is 0 Å². The number of aromatic nitrogens is 3. The molecular weight excluding hydrogens is 336 g/mol. The number of fused-ring (bicyclic) bond motifs is 1. The highest BCUT2D eigenvalue weighted by Crippen LogP contribution is 2.44. The van der Waals surface area contributed by atoms with Crippen LogP contribution in [0.5, 0.6) is 0 Å². The van der Waals surface area contributed by atoms with Gasteiger partial charge in [0.25, 0.3) is 0 Å². The third-order valence-electron chi connectivity index (χ3n) is 7.22. The molecule has 148 valence electrons. The summed E-state index contributed by atoms with van der Waals surface area (Å²) in [6.45, 7) is 2.50. The Morgan fingerprint density at radius 2 is 1.85 bits per heavy atom. The van der Waals surface area contributed by atoms with Crippen molar-refractivity contribution in [1.29, 1.82) is 0 Å². The van der Waals surface area contributed by atoms with Crippen molar-refractivity contribution in [3.8, 4) is 0 Å². The van der Waals surface area contributed by atoms with E-state index in [1.54, 1.807) is 0 Å². The molecular formula is C21H34N6. The van der Waals surface area contributed by atoms with Crippen LogP contribution in [-0.2, 0) is 0 Å². The maximum Gasteiger partial charge on any atom is 0.147 e. The molecule has 0 bridgehead atoms. The van der Waals surface area contributed by atoms with Gasteiger partial charge in [-0.1, -0.05) is 32.6 Å². The molecule has 0 aliphatic heterocycles. The molecule has 2 saturated carbocycles. The van der Waals surface area contributed by atoms with Gasteiger partial charge in [-0.15, -0.1) is 0 Å². The Hall–Kier alpha value is -1.82. The van der Waals surface area contributed by atoms with E-state index in [2.05, 4.69) is 21.5 Å². The highest BCUT2D eigenvalue weighted by atomic mass is 15.1. The predicted molar refractivity (Wildman–Crippen MR) is 111 cm³/mol. The second kappa shape index (κ2) is 7.30. The smallest absolute Gasteiger partial charge is 0.147 e. The SMILES string of the molecule is CC1(CCC2CC(n3cc(N)c4c(N)ncnc43)C[C@@H]2N)CCCCCC1. The third kappa shape index (κ3) is 3.64. The van der Waals surface area contributed by atoms with Crippen LogP contribution in [-0.4, -0.2) is 20.6 Å². The second-order valence-corrected chi connectivity index (χ2v) is 9.26. The Labute approximate surface area is 161 Å². The molecule has 2 aliphatic rings. The van der Waals surface area contributed by atoms with Crippen molar-refractivity contribution in [2.45, 2.75) is 83.2 Å².